The van der Waals surface area contributed by atoms with Crippen molar-refractivity contribution in [3.8, 4) is 0 Å². The molecule has 0 atom stereocenters. The van der Waals surface area contributed by atoms with Crippen molar-refractivity contribution in [1.82, 2.24) is 4.98 Å². The van der Waals surface area contributed by atoms with E-state index in [1.54, 1.807) is 0 Å². The Morgan fingerprint density at radius 1 is 1.31 bits per heavy atom. The summed E-state index contributed by atoms with van der Waals surface area (Å²) in [5.41, 5.74) is 2.06. The van der Waals surface area contributed by atoms with Gasteiger partial charge in [-0.05, 0) is 26.0 Å². The second kappa shape index (κ2) is 4.35. The van der Waals surface area contributed by atoms with Crippen LogP contribution in [-0.4, -0.2) is 11.0 Å². The summed E-state index contributed by atoms with van der Waals surface area (Å²) in [5.74, 6) is 0.906. The van der Waals surface area contributed by atoms with Crippen LogP contribution in [0.4, 0.5) is 5.82 Å². The summed E-state index contributed by atoms with van der Waals surface area (Å²) in [5, 5.41) is 4.48. The lowest BCUT2D eigenvalue weighted by atomic mass is 10.1. The molecular weight excluding hydrogens is 196 g/mol. The molecular formula is C14H16N2. The Hall–Kier alpha value is -1.83. The van der Waals surface area contributed by atoms with Crippen LogP contribution in [0.25, 0.3) is 17.0 Å². The van der Waals surface area contributed by atoms with Gasteiger partial charge in [0.1, 0.15) is 5.82 Å². The lowest BCUT2D eigenvalue weighted by molar-refractivity contribution is 0.890. The Morgan fingerprint density at radius 2 is 2.06 bits per heavy atom. The first-order valence-electron chi connectivity index (χ1n) is 5.49. The van der Waals surface area contributed by atoms with Gasteiger partial charge in [-0.3, -0.25) is 0 Å². The molecule has 0 amide bonds. The van der Waals surface area contributed by atoms with Crippen LogP contribution in [0.1, 0.15) is 19.4 Å². The number of para-hydroxylation sites is 1. The number of benzene rings is 1. The van der Waals surface area contributed by atoms with E-state index in [0.29, 0.717) is 6.04 Å². The van der Waals surface area contributed by atoms with Gasteiger partial charge < -0.3 is 5.32 Å². The quantitative estimate of drug-likeness (QED) is 0.839. The third-order valence-corrected chi connectivity index (χ3v) is 2.40. The van der Waals surface area contributed by atoms with Crippen LogP contribution in [0, 0.1) is 0 Å². The molecule has 0 fully saturated rings. The first kappa shape index (κ1) is 10.7. The lowest BCUT2D eigenvalue weighted by Gasteiger charge is -2.12. The number of aromatic nitrogens is 1. The molecule has 0 radical (unpaired) electrons. The molecule has 0 spiro atoms. The van der Waals surface area contributed by atoms with E-state index in [1.165, 1.54) is 0 Å². The van der Waals surface area contributed by atoms with Gasteiger partial charge >= 0.3 is 0 Å². The highest BCUT2D eigenvalue weighted by Crippen LogP contribution is 2.21. The number of anilines is 1. The predicted octanol–water partition coefficient (Wildman–Crippen LogP) is 3.70. The zero-order valence-electron chi connectivity index (χ0n) is 9.70. The van der Waals surface area contributed by atoms with Crippen molar-refractivity contribution in [1.29, 1.82) is 0 Å². The van der Waals surface area contributed by atoms with Crippen LogP contribution in [0.3, 0.4) is 0 Å². The highest BCUT2D eigenvalue weighted by Gasteiger charge is 2.04. The predicted molar refractivity (Wildman–Crippen MR) is 70.6 cm³/mol. The smallest absolute Gasteiger partial charge is 0.134 e. The number of fused-ring (bicyclic) bond motifs is 1. The van der Waals surface area contributed by atoms with Gasteiger partial charge in [0.2, 0.25) is 0 Å². The number of hydrogen-bond donors (Lipinski definition) is 1. The van der Waals surface area contributed by atoms with Gasteiger partial charge in [0.15, 0.2) is 0 Å². The summed E-state index contributed by atoms with van der Waals surface area (Å²) in [6.45, 7) is 8.03. The summed E-state index contributed by atoms with van der Waals surface area (Å²) in [6, 6.07) is 10.6. The molecule has 2 aromatic rings. The fourth-order valence-electron chi connectivity index (χ4n) is 1.68. The summed E-state index contributed by atoms with van der Waals surface area (Å²) in [6.07, 6.45) is 1.84. The second-order valence-electron chi connectivity index (χ2n) is 4.12. The molecule has 0 aliphatic rings. The number of nitrogens with one attached hydrogen (secondary N) is 1. The summed E-state index contributed by atoms with van der Waals surface area (Å²) in [7, 11) is 0. The summed E-state index contributed by atoms with van der Waals surface area (Å²) < 4.78 is 0. The van der Waals surface area contributed by atoms with E-state index in [0.717, 1.165) is 22.3 Å². The van der Waals surface area contributed by atoms with E-state index in [-0.39, 0.29) is 0 Å². The SMILES string of the molecule is C=Cc1cc2ccccc2nc1NC(C)C. The summed E-state index contributed by atoms with van der Waals surface area (Å²) >= 11 is 0. The van der Waals surface area contributed by atoms with Gasteiger partial charge in [-0.15, -0.1) is 0 Å². The van der Waals surface area contributed by atoms with E-state index >= 15 is 0 Å². The molecule has 2 nitrogen and oxygen atoms in total. The highest BCUT2D eigenvalue weighted by atomic mass is 15.0. The van der Waals surface area contributed by atoms with Crippen LogP contribution >= 0.6 is 0 Å². The number of nitrogens with zero attached hydrogens (tertiary/aromatic N) is 1. The maximum atomic E-state index is 4.60. The van der Waals surface area contributed by atoms with Crippen LogP contribution in [0.2, 0.25) is 0 Å². The second-order valence-corrected chi connectivity index (χ2v) is 4.12. The molecule has 82 valence electrons. The van der Waals surface area contributed by atoms with Crippen molar-refractivity contribution >= 4 is 22.8 Å². The molecule has 2 rings (SSSR count). The average Bonchev–Trinajstić information content (AvgIpc) is 2.27. The third-order valence-electron chi connectivity index (χ3n) is 2.40. The van der Waals surface area contributed by atoms with Gasteiger partial charge in [-0.1, -0.05) is 30.9 Å². The molecule has 0 unspecified atom stereocenters. The monoisotopic (exact) mass is 212 g/mol. The number of hydrogen-bond acceptors (Lipinski definition) is 2. The van der Waals surface area contributed by atoms with Gasteiger partial charge in [0, 0.05) is 17.0 Å². The molecule has 2 heteroatoms. The maximum Gasteiger partial charge on any atom is 0.134 e. The zero-order valence-corrected chi connectivity index (χ0v) is 9.70. The minimum absolute atomic E-state index is 0.368. The summed E-state index contributed by atoms with van der Waals surface area (Å²) in [4.78, 5) is 4.60. The topological polar surface area (TPSA) is 24.9 Å². The van der Waals surface area contributed by atoms with E-state index in [1.807, 2.05) is 24.3 Å². The van der Waals surface area contributed by atoms with Crippen LogP contribution < -0.4 is 5.32 Å². The van der Waals surface area contributed by atoms with E-state index in [9.17, 15) is 0 Å². The minimum atomic E-state index is 0.368. The third kappa shape index (κ3) is 2.06. The first-order valence-corrected chi connectivity index (χ1v) is 5.49. The zero-order chi connectivity index (χ0) is 11.5. The fourth-order valence-corrected chi connectivity index (χ4v) is 1.68. The van der Waals surface area contributed by atoms with Crippen LogP contribution in [0.15, 0.2) is 36.9 Å². The molecule has 16 heavy (non-hydrogen) atoms. The number of rotatable bonds is 3. The molecule has 0 bridgehead atoms. The fraction of sp³-hybridized carbons (Fsp3) is 0.214. The molecule has 1 aromatic carbocycles. The van der Waals surface area contributed by atoms with Crippen molar-refractivity contribution in [2.24, 2.45) is 0 Å². The standard InChI is InChI=1S/C14H16N2/c1-4-11-9-12-7-5-6-8-13(12)16-14(11)15-10(2)3/h4-10H,1H2,2-3H3,(H,15,16). The van der Waals surface area contributed by atoms with Crippen LogP contribution in [-0.2, 0) is 0 Å². The Morgan fingerprint density at radius 3 is 2.75 bits per heavy atom. The van der Waals surface area contributed by atoms with Crippen molar-refractivity contribution in [3.05, 3.63) is 42.5 Å². The van der Waals surface area contributed by atoms with Crippen molar-refractivity contribution < 1.29 is 0 Å². The van der Waals surface area contributed by atoms with E-state index in [4.69, 9.17) is 0 Å². The average molecular weight is 212 g/mol. The van der Waals surface area contributed by atoms with Crippen molar-refractivity contribution in [2.75, 3.05) is 5.32 Å². The molecule has 1 N–H and O–H groups in total. The first-order chi connectivity index (χ1) is 7.70. The van der Waals surface area contributed by atoms with Crippen molar-refractivity contribution in [2.45, 2.75) is 19.9 Å². The highest BCUT2D eigenvalue weighted by molar-refractivity contribution is 5.84. The van der Waals surface area contributed by atoms with E-state index < -0.39 is 0 Å². The normalized spacial score (nSPS) is 10.7. The van der Waals surface area contributed by atoms with Gasteiger partial charge in [0.25, 0.3) is 0 Å². The molecule has 1 aromatic heterocycles. The molecule has 0 aliphatic carbocycles. The van der Waals surface area contributed by atoms with E-state index in [2.05, 4.69) is 42.9 Å². The number of pyridine rings is 1. The van der Waals surface area contributed by atoms with Gasteiger partial charge in [-0.2, -0.15) is 0 Å². The molecule has 0 aliphatic heterocycles. The van der Waals surface area contributed by atoms with Crippen molar-refractivity contribution in [3.63, 3.8) is 0 Å². The minimum Gasteiger partial charge on any atom is -0.367 e. The Bertz CT molecular complexity index is 515. The molecule has 0 saturated carbocycles. The molecule has 0 saturated heterocycles. The lowest BCUT2D eigenvalue weighted by Crippen LogP contribution is -2.12. The van der Waals surface area contributed by atoms with Gasteiger partial charge in [-0.25, -0.2) is 4.98 Å². The van der Waals surface area contributed by atoms with Gasteiger partial charge in [0.05, 0.1) is 5.52 Å². The maximum absolute atomic E-state index is 4.60. The Labute approximate surface area is 96.0 Å². The Balaban J connectivity index is 2.58. The molecule has 1 heterocycles. The Kier molecular flexibility index (Phi) is 2.91. The largest absolute Gasteiger partial charge is 0.367 e. The van der Waals surface area contributed by atoms with Crippen LogP contribution in [0.5, 0.6) is 0 Å².